The van der Waals surface area contributed by atoms with E-state index in [4.69, 9.17) is 4.74 Å². The van der Waals surface area contributed by atoms with Gasteiger partial charge in [-0.3, -0.25) is 10.1 Å². The molecule has 0 fully saturated rings. The molecule has 2 aromatic rings. The Hall–Kier alpha value is -2.63. The summed E-state index contributed by atoms with van der Waals surface area (Å²) < 4.78 is 5.30. The van der Waals surface area contributed by atoms with E-state index in [0.29, 0.717) is 30.4 Å². The summed E-state index contributed by atoms with van der Waals surface area (Å²) in [6.45, 7) is 2.76. The lowest BCUT2D eigenvalue weighted by Gasteiger charge is -2.08. The molecule has 0 spiro atoms. The summed E-state index contributed by atoms with van der Waals surface area (Å²) >= 11 is 0. The standard InChI is InChI=1S/C14H15N3O3/c1-2-20-14-9-5-8-13(16-14)15-10-11-6-3-4-7-12(11)17(18)19/h3-9H,2,10H2,1H3,(H,15,16). The molecule has 0 bridgehead atoms. The van der Waals surface area contributed by atoms with Crippen LogP contribution in [0.4, 0.5) is 11.5 Å². The molecule has 1 aromatic carbocycles. The van der Waals surface area contributed by atoms with Crippen molar-refractivity contribution in [1.82, 2.24) is 4.98 Å². The Morgan fingerprint density at radius 3 is 2.80 bits per heavy atom. The molecule has 20 heavy (non-hydrogen) atoms. The van der Waals surface area contributed by atoms with Gasteiger partial charge in [0.05, 0.1) is 11.5 Å². The minimum Gasteiger partial charge on any atom is -0.478 e. The number of pyridine rings is 1. The Labute approximate surface area is 116 Å². The monoisotopic (exact) mass is 273 g/mol. The van der Waals surface area contributed by atoms with E-state index in [2.05, 4.69) is 10.3 Å². The van der Waals surface area contributed by atoms with Crippen LogP contribution in [-0.4, -0.2) is 16.5 Å². The van der Waals surface area contributed by atoms with Crippen molar-refractivity contribution in [3.8, 4) is 5.88 Å². The second kappa shape index (κ2) is 6.51. The Bertz CT molecular complexity index is 602. The highest BCUT2D eigenvalue weighted by atomic mass is 16.6. The smallest absolute Gasteiger partial charge is 0.274 e. The number of rotatable bonds is 6. The first kappa shape index (κ1) is 13.8. The molecule has 1 N–H and O–H groups in total. The predicted octanol–water partition coefficient (Wildman–Crippen LogP) is 3.00. The van der Waals surface area contributed by atoms with Gasteiger partial charge in [-0.15, -0.1) is 0 Å². The highest BCUT2D eigenvalue weighted by Crippen LogP contribution is 2.19. The van der Waals surface area contributed by atoms with Crippen molar-refractivity contribution in [2.75, 3.05) is 11.9 Å². The van der Waals surface area contributed by atoms with Crippen LogP contribution in [0.25, 0.3) is 0 Å². The number of nitrogens with zero attached hydrogens (tertiary/aromatic N) is 2. The van der Waals surface area contributed by atoms with E-state index in [0.717, 1.165) is 0 Å². The molecule has 2 rings (SSSR count). The quantitative estimate of drug-likeness (QED) is 0.646. The van der Waals surface area contributed by atoms with Crippen LogP contribution in [0.5, 0.6) is 5.88 Å². The normalized spacial score (nSPS) is 10.1. The van der Waals surface area contributed by atoms with Crippen LogP contribution in [0, 0.1) is 10.1 Å². The molecular weight excluding hydrogens is 258 g/mol. The van der Waals surface area contributed by atoms with Crippen molar-refractivity contribution < 1.29 is 9.66 Å². The molecule has 0 saturated carbocycles. The Morgan fingerprint density at radius 2 is 2.05 bits per heavy atom. The maximum atomic E-state index is 10.9. The van der Waals surface area contributed by atoms with Gasteiger partial charge in [0.25, 0.3) is 5.69 Å². The van der Waals surface area contributed by atoms with Gasteiger partial charge in [0, 0.05) is 24.2 Å². The summed E-state index contributed by atoms with van der Waals surface area (Å²) in [4.78, 5) is 14.8. The van der Waals surface area contributed by atoms with Crippen LogP contribution in [-0.2, 0) is 6.54 Å². The lowest BCUT2D eigenvalue weighted by Crippen LogP contribution is -2.05. The number of nitrogens with one attached hydrogen (secondary N) is 1. The first-order valence-corrected chi connectivity index (χ1v) is 6.26. The second-order valence-corrected chi connectivity index (χ2v) is 4.03. The number of ether oxygens (including phenoxy) is 1. The lowest BCUT2D eigenvalue weighted by molar-refractivity contribution is -0.385. The van der Waals surface area contributed by atoms with E-state index in [1.807, 2.05) is 13.0 Å². The third-order valence-corrected chi connectivity index (χ3v) is 2.66. The average Bonchev–Trinajstić information content (AvgIpc) is 2.46. The van der Waals surface area contributed by atoms with E-state index in [-0.39, 0.29) is 10.6 Å². The third-order valence-electron chi connectivity index (χ3n) is 2.66. The molecule has 0 saturated heterocycles. The van der Waals surface area contributed by atoms with Gasteiger partial charge in [-0.25, -0.2) is 0 Å². The summed E-state index contributed by atoms with van der Waals surface area (Å²) in [7, 11) is 0. The van der Waals surface area contributed by atoms with Crippen molar-refractivity contribution in [1.29, 1.82) is 0 Å². The van der Waals surface area contributed by atoms with Crippen molar-refractivity contribution in [3.63, 3.8) is 0 Å². The van der Waals surface area contributed by atoms with Gasteiger partial charge in [-0.2, -0.15) is 4.98 Å². The molecule has 0 aliphatic heterocycles. The first-order valence-electron chi connectivity index (χ1n) is 6.26. The van der Waals surface area contributed by atoms with Crippen molar-refractivity contribution in [3.05, 3.63) is 58.1 Å². The van der Waals surface area contributed by atoms with Crippen LogP contribution in [0.2, 0.25) is 0 Å². The molecule has 0 atom stereocenters. The van der Waals surface area contributed by atoms with Gasteiger partial charge in [-0.05, 0) is 13.0 Å². The maximum absolute atomic E-state index is 10.9. The minimum atomic E-state index is -0.388. The number of para-hydroxylation sites is 1. The van der Waals surface area contributed by atoms with Crippen molar-refractivity contribution in [2.24, 2.45) is 0 Å². The minimum absolute atomic E-state index is 0.0981. The van der Waals surface area contributed by atoms with Gasteiger partial charge < -0.3 is 10.1 Å². The molecule has 0 unspecified atom stereocenters. The van der Waals surface area contributed by atoms with Crippen LogP contribution >= 0.6 is 0 Å². The number of hydrogen-bond acceptors (Lipinski definition) is 5. The van der Waals surface area contributed by atoms with E-state index >= 15 is 0 Å². The summed E-state index contributed by atoms with van der Waals surface area (Å²) in [5.41, 5.74) is 0.710. The Morgan fingerprint density at radius 1 is 1.25 bits per heavy atom. The Balaban J connectivity index is 2.09. The van der Waals surface area contributed by atoms with E-state index in [1.165, 1.54) is 6.07 Å². The molecule has 1 heterocycles. The second-order valence-electron chi connectivity index (χ2n) is 4.03. The zero-order valence-corrected chi connectivity index (χ0v) is 11.1. The van der Waals surface area contributed by atoms with Gasteiger partial charge in [0.15, 0.2) is 0 Å². The number of aromatic nitrogens is 1. The number of hydrogen-bond donors (Lipinski definition) is 1. The molecule has 1 aromatic heterocycles. The number of nitro groups is 1. The largest absolute Gasteiger partial charge is 0.478 e. The van der Waals surface area contributed by atoms with Crippen LogP contribution in [0.1, 0.15) is 12.5 Å². The number of anilines is 1. The molecular formula is C14H15N3O3. The zero-order valence-electron chi connectivity index (χ0n) is 11.1. The average molecular weight is 273 g/mol. The number of benzene rings is 1. The van der Waals surface area contributed by atoms with Gasteiger partial charge >= 0.3 is 0 Å². The first-order chi connectivity index (χ1) is 9.70. The maximum Gasteiger partial charge on any atom is 0.274 e. The summed E-state index contributed by atoms with van der Waals surface area (Å²) in [5, 5.41) is 14.0. The predicted molar refractivity (Wildman–Crippen MR) is 75.8 cm³/mol. The van der Waals surface area contributed by atoms with Crippen LogP contribution < -0.4 is 10.1 Å². The molecule has 6 nitrogen and oxygen atoms in total. The fourth-order valence-electron chi connectivity index (χ4n) is 1.77. The van der Waals surface area contributed by atoms with Gasteiger partial charge in [-0.1, -0.05) is 24.3 Å². The number of nitro benzene ring substituents is 1. The molecule has 6 heteroatoms. The van der Waals surface area contributed by atoms with E-state index in [1.54, 1.807) is 30.3 Å². The molecule has 0 aliphatic rings. The topological polar surface area (TPSA) is 77.3 Å². The highest BCUT2D eigenvalue weighted by molar-refractivity contribution is 5.44. The summed E-state index contributed by atoms with van der Waals surface area (Å²) in [6.07, 6.45) is 0. The van der Waals surface area contributed by atoms with Gasteiger partial charge in [0.2, 0.25) is 5.88 Å². The molecule has 0 aliphatic carbocycles. The fraction of sp³-hybridized carbons (Fsp3) is 0.214. The zero-order chi connectivity index (χ0) is 14.4. The molecule has 0 radical (unpaired) electrons. The van der Waals surface area contributed by atoms with Crippen molar-refractivity contribution >= 4 is 11.5 Å². The lowest BCUT2D eigenvalue weighted by atomic mass is 10.2. The highest BCUT2D eigenvalue weighted by Gasteiger charge is 2.11. The SMILES string of the molecule is CCOc1cccc(NCc2ccccc2[N+](=O)[O-])n1. The van der Waals surface area contributed by atoms with Crippen LogP contribution in [0.3, 0.4) is 0 Å². The third kappa shape index (κ3) is 3.44. The van der Waals surface area contributed by atoms with Gasteiger partial charge in [0.1, 0.15) is 5.82 Å². The summed E-state index contributed by atoms with van der Waals surface area (Å²) in [5.74, 6) is 1.15. The van der Waals surface area contributed by atoms with E-state index in [9.17, 15) is 10.1 Å². The van der Waals surface area contributed by atoms with E-state index < -0.39 is 0 Å². The molecule has 104 valence electrons. The molecule has 0 amide bonds. The van der Waals surface area contributed by atoms with Crippen molar-refractivity contribution in [2.45, 2.75) is 13.5 Å². The Kier molecular flexibility index (Phi) is 4.49. The van der Waals surface area contributed by atoms with Crippen LogP contribution in [0.15, 0.2) is 42.5 Å². The summed E-state index contributed by atoms with van der Waals surface area (Å²) in [6, 6.07) is 12.0. The fourth-order valence-corrected chi connectivity index (χ4v) is 1.77.